The summed E-state index contributed by atoms with van der Waals surface area (Å²) >= 11 is 0. The maximum atomic E-state index is 12.2. The highest BCUT2D eigenvalue weighted by molar-refractivity contribution is 7.91. The fourth-order valence-electron chi connectivity index (χ4n) is 3.17. The molecule has 1 aliphatic rings. The van der Waals surface area contributed by atoms with Crippen LogP contribution in [0.15, 0.2) is 28.7 Å². The molecule has 1 aromatic heterocycles. The second kappa shape index (κ2) is 7.11. The number of aromatic nitrogens is 1. The molecule has 146 valence electrons. The molecule has 2 heterocycles. The van der Waals surface area contributed by atoms with Gasteiger partial charge in [-0.3, -0.25) is 4.79 Å². The Labute approximate surface area is 160 Å². The SMILES string of the molecule is Cc1oc(-c2ccc(C(C)(C)C)cc2)nc1CC(=O)NC1CCS(=O)(=O)C1. The van der Waals surface area contributed by atoms with E-state index in [0.717, 1.165) is 5.56 Å². The second-order valence-electron chi connectivity index (χ2n) is 8.19. The van der Waals surface area contributed by atoms with Crippen molar-refractivity contribution in [3.8, 4) is 11.5 Å². The van der Waals surface area contributed by atoms with Crippen molar-refractivity contribution in [3.05, 3.63) is 41.3 Å². The number of sulfone groups is 1. The van der Waals surface area contributed by atoms with E-state index < -0.39 is 9.84 Å². The first-order chi connectivity index (χ1) is 12.5. The number of hydrogen-bond acceptors (Lipinski definition) is 5. The molecule has 1 N–H and O–H groups in total. The Morgan fingerprint density at radius 1 is 1.26 bits per heavy atom. The van der Waals surface area contributed by atoms with Crippen molar-refractivity contribution < 1.29 is 17.6 Å². The van der Waals surface area contributed by atoms with Crippen LogP contribution in [0.5, 0.6) is 0 Å². The summed E-state index contributed by atoms with van der Waals surface area (Å²) in [5, 5.41) is 2.78. The highest BCUT2D eigenvalue weighted by Crippen LogP contribution is 2.27. The Hall–Kier alpha value is -2.15. The highest BCUT2D eigenvalue weighted by Gasteiger charge is 2.29. The third kappa shape index (κ3) is 4.77. The number of carbonyl (C=O) groups excluding carboxylic acids is 1. The van der Waals surface area contributed by atoms with Gasteiger partial charge in [-0.2, -0.15) is 0 Å². The van der Waals surface area contributed by atoms with Crippen molar-refractivity contribution in [2.45, 2.75) is 52.0 Å². The standard InChI is InChI=1S/C20H26N2O4S/c1-13-17(11-18(23)21-16-9-10-27(24,25)12-16)22-19(26-13)14-5-7-15(8-6-14)20(2,3)4/h5-8,16H,9-12H2,1-4H3,(H,21,23). The van der Waals surface area contributed by atoms with E-state index in [1.54, 1.807) is 6.92 Å². The number of benzene rings is 1. The molecule has 1 aliphatic heterocycles. The molecular weight excluding hydrogens is 364 g/mol. The second-order valence-corrected chi connectivity index (χ2v) is 10.4. The van der Waals surface area contributed by atoms with Crippen LogP contribution in [0.1, 0.15) is 44.2 Å². The molecule has 6 nitrogen and oxygen atoms in total. The minimum absolute atomic E-state index is 0.0158. The summed E-state index contributed by atoms with van der Waals surface area (Å²) in [5.74, 6) is 0.999. The summed E-state index contributed by atoms with van der Waals surface area (Å²) in [6.45, 7) is 8.25. The Kier molecular flexibility index (Phi) is 5.16. The number of aryl methyl sites for hydroxylation is 1. The lowest BCUT2D eigenvalue weighted by Gasteiger charge is -2.18. The molecule has 1 saturated heterocycles. The predicted octanol–water partition coefficient (Wildman–Crippen LogP) is 2.79. The van der Waals surface area contributed by atoms with Crippen LogP contribution in [0.25, 0.3) is 11.5 Å². The number of rotatable bonds is 4. The lowest BCUT2D eigenvalue weighted by Crippen LogP contribution is -2.36. The lowest BCUT2D eigenvalue weighted by molar-refractivity contribution is -0.121. The van der Waals surface area contributed by atoms with Crippen molar-refractivity contribution in [1.29, 1.82) is 0 Å². The molecule has 1 aromatic carbocycles. The maximum absolute atomic E-state index is 12.2. The van der Waals surface area contributed by atoms with E-state index in [4.69, 9.17) is 4.42 Å². The van der Waals surface area contributed by atoms with E-state index in [-0.39, 0.29) is 35.3 Å². The predicted molar refractivity (Wildman–Crippen MR) is 104 cm³/mol. The van der Waals surface area contributed by atoms with E-state index in [9.17, 15) is 13.2 Å². The molecule has 1 unspecified atom stereocenters. The van der Waals surface area contributed by atoms with Gasteiger partial charge in [0.15, 0.2) is 9.84 Å². The Bertz CT molecular complexity index is 937. The number of oxazole rings is 1. The summed E-state index contributed by atoms with van der Waals surface area (Å²) in [6.07, 6.45) is 0.545. The first kappa shape index (κ1) is 19.6. The molecule has 0 saturated carbocycles. The first-order valence-corrected chi connectivity index (χ1v) is 10.9. The fraction of sp³-hybridized carbons (Fsp3) is 0.500. The fourth-order valence-corrected chi connectivity index (χ4v) is 4.84. The first-order valence-electron chi connectivity index (χ1n) is 9.10. The third-order valence-corrected chi connectivity index (χ3v) is 6.58. The monoisotopic (exact) mass is 390 g/mol. The quantitative estimate of drug-likeness (QED) is 0.867. The molecule has 3 rings (SSSR count). The number of nitrogens with zero attached hydrogens (tertiary/aromatic N) is 1. The van der Waals surface area contributed by atoms with E-state index >= 15 is 0 Å². The normalized spacial score (nSPS) is 19.2. The van der Waals surface area contributed by atoms with E-state index in [2.05, 4.69) is 43.2 Å². The van der Waals surface area contributed by atoms with Crippen LogP contribution >= 0.6 is 0 Å². The number of carbonyl (C=O) groups is 1. The van der Waals surface area contributed by atoms with Gasteiger partial charge in [-0.15, -0.1) is 0 Å². The summed E-state index contributed by atoms with van der Waals surface area (Å²) in [6, 6.07) is 7.75. The highest BCUT2D eigenvalue weighted by atomic mass is 32.2. The molecule has 2 aromatic rings. The Morgan fingerprint density at radius 3 is 2.48 bits per heavy atom. The topological polar surface area (TPSA) is 89.3 Å². The average molecular weight is 391 g/mol. The summed E-state index contributed by atoms with van der Waals surface area (Å²) < 4.78 is 28.7. The zero-order chi connectivity index (χ0) is 19.8. The lowest BCUT2D eigenvalue weighted by atomic mass is 9.87. The molecule has 0 aliphatic carbocycles. The summed E-state index contributed by atoms with van der Waals surface area (Å²) in [4.78, 5) is 16.7. The molecule has 7 heteroatoms. The van der Waals surface area contributed by atoms with Crippen LogP contribution < -0.4 is 5.32 Å². The van der Waals surface area contributed by atoms with Crippen LogP contribution in [0.3, 0.4) is 0 Å². The van der Waals surface area contributed by atoms with Crippen molar-refractivity contribution in [3.63, 3.8) is 0 Å². The van der Waals surface area contributed by atoms with Gasteiger partial charge >= 0.3 is 0 Å². The molecule has 0 spiro atoms. The van der Waals surface area contributed by atoms with Crippen molar-refractivity contribution in [1.82, 2.24) is 10.3 Å². The molecular formula is C20H26N2O4S. The van der Waals surface area contributed by atoms with Gasteiger partial charge in [0.05, 0.1) is 23.6 Å². The smallest absolute Gasteiger partial charge is 0.226 e. The summed E-state index contributed by atoms with van der Waals surface area (Å²) in [7, 11) is -3.02. The van der Waals surface area contributed by atoms with Gasteiger partial charge < -0.3 is 9.73 Å². The Balaban J connectivity index is 1.68. The molecule has 1 atom stereocenters. The van der Waals surface area contributed by atoms with E-state index in [1.165, 1.54) is 5.56 Å². The van der Waals surface area contributed by atoms with Crippen LogP contribution in [-0.2, 0) is 26.5 Å². The van der Waals surface area contributed by atoms with Gasteiger partial charge in [-0.05, 0) is 36.5 Å². The van der Waals surface area contributed by atoms with Crippen LogP contribution in [-0.4, -0.2) is 36.9 Å². The zero-order valence-electron chi connectivity index (χ0n) is 16.2. The van der Waals surface area contributed by atoms with Crippen molar-refractivity contribution in [2.24, 2.45) is 0 Å². The van der Waals surface area contributed by atoms with Gasteiger partial charge in [0.2, 0.25) is 11.8 Å². The van der Waals surface area contributed by atoms with Gasteiger partial charge in [0, 0.05) is 11.6 Å². The average Bonchev–Trinajstić information content (AvgIpc) is 3.09. The molecule has 0 bridgehead atoms. The minimum Gasteiger partial charge on any atom is -0.441 e. The summed E-state index contributed by atoms with van der Waals surface area (Å²) in [5.41, 5.74) is 2.73. The Morgan fingerprint density at radius 2 is 1.93 bits per heavy atom. The van der Waals surface area contributed by atoms with Gasteiger partial charge in [0.25, 0.3) is 0 Å². The minimum atomic E-state index is -3.02. The van der Waals surface area contributed by atoms with Crippen molar-refractivity contribution >= 4 is 15.7 Å². The van der Waals surface area contributed by atoms with E-state index in [1.807, 2.05) is 12.1 Å². The maximum Gasteiger partial charge on any atom is 0.226 e. The van der Waals surface area contributed by atoms with Crippen molar-refractivity contribution in [2.75, 3.05) is 11.5 Å². The number of nitrogens with one attached hydrogen (secondary N) is 1. The third-order valence-electron chi connectivity index (χ3n) is 4.82. The zero-order valence-corrected chi connectivity index (χ0v) is 17.0. The number of hydrogen-bond donors (Lipinski definition) is 1. The van der Waals surface area contributed by atoms with Gasteiger partial charge in [0.1, 0.15) is 5.76 Å². The molecule has 27 heavy (non-hydrogen) atoms. The van der Waals surface area contributed by atoms with Crippen LogP contribution in [0.2, 0.25) is 0 Å². The van der Waals surface area contributed by atoms with Crippen LogP contribution in [0.4, 0.5) is 0 Å². The van der Waals surface area contributed by atoms with Gasteiger partial charge in [-0.25, -0.2) is 13.4 Å². The molecule has 1 fully saturated rings. The molecule has 0 radical (unpaired) electrons. The van der Waals surface area contributed by atoms with E-state index in [0.29, 0.717) is 23.8 Å². The molecule has 1 amide bonds. The number of amides is 1. The van der Waals surface area contributed by atoms with Gasteiger partial charge in [-0.1, -0.05) is 32.9 Å². The largest absolute Gasteiger partial charge is 0.441 e. The van der Waals surface area contributed by atoms with Crippen LogP contribution in [0, 0.1) is 6.92 Å².